The SMILES string of the molecule is CN(C(=O)C1CCCN1C(=O)C(N=C(c1ccccc1)c1ccccc1)C(C)(C)CO)c1ccc([ClH+])cc1. The normalized spacial score (nSPS) is 16.1. The van der Waals surface area contributed by atoms with Crippen molar-refractivity contribution in [3.05, 3.63) is 101 Å². The molecule has 198 valence electrons. The number of carbonyl (C=O) groups is 2. The summed E-state index contributed by atoms with van der Waals surface area (Å²) < 4.78 is 0. The van der Waals surface area contributed by atoms with E-state index in [1.165, 1.54) is 0 Å². The van der Waals surface area contributed by atoms with Gasteiger partial charge in [-0.05, 0) is 25.0 Å². The van der Waals surface area contributed by atoms with Gasteiger partial charge in [0.2, 0.25) is 16.8 Å². The Bertz CT molecular complexity index is 1240. The average Bonchev–Trinajstić information content (AvgIpc) is 3.44. The molecule has 1 aliphatic rings. The summed E-state index contributed by atoms with van der Waals surface area (Å²) in [6, 6.07) is 25.2. The van der Waals surface area contributed by atoms with E-state index >= 15 is 0 Å². The van der Waals surface area contributed by atoms with Crippen molar-refractivity contribution in [1.29, 1.82) is 0 Å². The van der Waals surface area contributed by atoms with Gasteiger partial charge in [0.15, 0.2) is 11.6 Å². The van der Waals surface area contributed by atoms with Crippen molar-refractivity contribution in [3.8, 4) is 0 Å². The van der Waals surface area contributed by atoms with Gasteiger partial charge in [-0.25, -0.2) is 0 Å². The predicted octanol–water partition coefficient (Wildman–Crippen LogP) is 4.26. The van der Waals surface area contributed by atoms with Gasteiger partial charge >= 0.3 is 0 Å². The van der Waals surface area contributed by atoms with E-state index < -0.39 is 17.5 Å². The van der Waals surface area contributed by atoms with Gasteiger partial charge in [0.25, 0.3) is 0 Å². The quantitative estimate of drug-likeness (QED) is 0.441. The average molecular weight is 533 g/mol. The molecule has 1 heterocycles. The van der Waals surface area contributed by atoms with Gasteiger partial charge in [-0.2, -0.15) is 0 Å². The molecule has 2 unspecified atom stereocenters. The lowest BCUT2D eigenvalue weighted by atomic mass is 9.84. The minimum absolute atomic E-state index is 0.149. The van der Waals surface area contributed by atoms with Crippen LogP contribution in [0.2, 0.25) is 5.02 Å². The number of carbonyl (C=O) groups excluding carboxylic acids is 2. The Hall–Kier alpha value is -3.48. The zero-order valence-corrected chi connectivity index (χ0v) is 22.9. The van der Waals surface area contributed by atoms with Crippen LogP contribution >= 0.6 is 0 Å². The summed E-state index contributed by atoms with van der Waals surface area (Å²) in [6.45, 7) is 3.90. The first-order chi connectivity index (χ1) is 18.2. The van der Waals surface area contributed by atoms with Crippen LogP contribution in [0.25, 0.3) is 0 Å². The molecule has 4 rings (SSSR count). The van der Waals surface area contributed by atoms with E-state index in [-0.39, 0.29) is 18.4 Å². The Kier molecular flexibility index (Phi) is 8.65. The molecular weight excluding hydrogens is 498 g/mol. The monoisotopic (exact) mass is 532 g/mol. The molecule has 0 bridgehead atoms. The van der Waals surface area contributed by atoms with E-state index in [9.17, 15) is 14.7 Å². The minimum Gasteiger partial charge on any atom is -0.396 e. The number of hydrogen-bond donors (Lipinski definition) is 1. The number of halogens is 1. The van der Waals surface area contributed by atoms with Crippen LogP contribution in [0.5, 0.6) is 0 Å². The van der Waals surface area contributed by atoms with E-state index in [1.807, 2.05) is 86.6 Å². The number of nitrogens with zero attached hydrogens (tertiary/aromatic N) is 3. The summed E-state index contributed by atoms with van der Waals surface area (Å²) in [6.07, 6.45) is 1.30. The second kappa shape index (κ2) is 11.9. The highest BCUT2D eigenvalue weighted by Gasteiger charge is 2.43. The Morgan fingerprint density at radius 2 is 1.55 bits per heavy atom. The lowest BCUT2D eigenvalue weighted by Crippen LogP contribution is -2.53. The third kappa shape index (κ3) is 5.98. The van der Waals surface area contributed by atoms with Crippen LogP contribution in [0.4, 0.5) is 5.69 Å². The highest BCUT2D eigenvalue weighted by atomic mass is 35.5. The fourth-order valence-corrected chi connectivity index (χ4v) is 4.89. The largest absolute Gasteiger partial charge is 0.396 e. The number of anilines is 1. The molecule has 38 heavy (non-hydrogen) atoms. The van der Waals surface area contributed by atoms with Gasteiger partial charge < -0.3 is 14.9 Å². The fraction of sp³-hybridized carbons (Fsp3) is 0.323. The van der Waals surface area contributed by atoms with Gasteiger partial charge in [-0.1, -0.05) is 74.5 Å². The maximum Gasteiger partial charge on any atom is 0.249 e. The van der Waals surface area contributed by atoms with Crippen LogP contribution in [0.3, 0.4) is 0 Å². The molecule has 0 saturated carbocycles. The van der Waals surface area contributed by atoms with Crippen molar-refractivity contribution in [2.45, 2.75) is 38.8 Å². The topological polar surface area (TPSA) is 73.2 Å². The lowest BCUT2D eigenvalue weighted by Gasteiger charge is -2.35. The molecule has 2 atom stereocenters. The highest BCUT2D eigenvalue weighted by molar-refractivity contribution is 6.13. The van der Waals surface area contributed by atoms with E-state index in [4.69, 9.17) is 16.6 Å². The summed E-state index contributed by atoms with van der Waals surface area (Å²) in [5.41, 5.74) is 2.30. The summed E-state index contributed by atoms with van der Waals surface area (Å²) in [7, 11) is 1.72. The van der Waals surface area contributed by atoms with Gasteiger partial charge in [-0.15, -0.1) is 0 Å². The van der Waals surface area contributed by atoms with Crippen LogP contribution in [-0.2, 0) is 9.59 Å². The number of likely N-dealkylation sites (N-methyl/N-ethyl adjacent to an activating group) is 1. The second-order valence-corrected chi connectivity index (χ2v) is 10.8. The van der Waals surface area contributed by atoms with E-state index in [0.717, 1.165) is 23.2 Å². The number of aliphatic hydroxyl groups excluding tert-OH is 1. The third-order valence-electron chi connectivity index (χ3n) is 7.11. The van der Waals surface area contributed by atoms with Crippen molar-refractivity contribution in [2.75, 3.05) is 25.1 Å². The molecular formula is C31H35ClN3O3+. The number of aliphatic imine (C=N–C) groups is 1. The van der Waals surface area contributed by atoms with E-state index in [0.29, 0.717) is 23.7 Å². The number of rotatable bonds is 8. The highest BCUT2D eigenvalue weighted by Crippen LogP contribution is 2.30. The Morgan fingerprint density at radius 1 is 1.00 bits per heavy atom. The summed E-state index contributed by atoms with van der Waals surface area (Å²) >= 11 is 5.17. The van der Waals surface area contributed by atoms with Gasteiger partial charge in [0.05, 0.1) is 12.3 Å². The van der Waals surface area contributed by atoms with Crippen LogP contribution in [-0.4, -0.2) is 59.8 Å². The second-order valence-electron chi connectivity index (χ2n) is 10.3. The van der Waals surface area contributed by atoms with Crippen LogP contribution in [0, 0.1) is 17.0 Å². The van der Waals surface area contributed by atoms with Gasteiger partial charge in [-0.3, -0.25) is 14.6 Å². The lowest BCUT2D eigenvalue weighted by molar-refractivity contribution is -0.288. The summed E-state index contributed by atoms with van der Waals surface area (Å²) in [5.74, 6) is -0.401. The Balaban J connectivity index is 1.71. The van der Waals surface area contributed by atoms with Crippen molar-refractivity contribution in [3.63, 3.8) is 0 Å². The maximum absolute atomic E-state index is 14.2. The van der Waals surface area contributed by atoms with Crippen LogP contribution in [0.1, 0.15) is 37.8 Å². The molecule has 3 aromatic rings. The smallest absolute Gasteiger partial charge is 0.249 e. The summed E-state index contributed by atoms with van der Waals surface area (Å²) in [5, 5.41) is 11.0. The third-order valence-corrected chi connectivity index (χ3v) is 7.38. The Labute approximate surface area is 229 Å². The Morgan fingerprint density at radius 3 is 2.08 bits per heavy atom. The molecule has 6 nitrogen and oxygen atoms in total. The van der Waals surface area contributed by atoms with Crippen LogP contribution in [0.15, 0.2) is 89.9 Å². The molecule has 0 aliphatic carbocycles. The standard InChI is InChI=1S/C31H35ClN3O3/c1-31(2,21-36)28(33-27(22-11-6-4-7-12-22)23-13-8-5-9-14-23)30(38)35-20-10-15-26(35)29(37)34(3)25-18-16-24(32)17-19-25/h4-9,11-14,16-19,26,28,32,36H,10,15,20-21H2,1-3H3/q+1. The molecule has 0 aromatic heterocycles. The van der Waals surface area contributed by atoms with E-state index in [1.54, 1.807) is 29.0 Å². The number of hydrogen-bond acceptors (Lipinski definition) is 4. The fourth-order valence-electron chi connectivity index (χ4n) is 4.75. The zero-order chi connectivity index (χ0) is 27.3. The van der Waals surface area contributed by atoms with E-state index in [2.05, 4.69) is 0 Å². The minimum atomic E-state index is -0.888. The predicted molar refractivity (Wildman–Crippen MR) is 148 cm³/mol. The first-order valence-corrected chi connectivity index (χ1v) is 13.3. The molecule has 0 radical (unpaired) electrons. The molecule has 7 heteroatoms. The number of benzene rings is 3. The van der Waals surface area contributed by atoms with Crippen LogP contribution < -0.4 is 4.90 Å². The molecule has 1 N–H and O–H groups in total. The molecule has 1 aliphatic heterocycles. The van der Waals surface area contributed by atoms with Gasteiger partial charge in [0, 0.05) is 48.0 Å². The molecule has 3 aromatic carbocycles. The maximum atomic E-state index is 14.2. The van der Waals surface area contributed by atoms with Gasteiger partial charge in [0.1, 0.15) is 12.1 Å². The first-order valence-electron chi connectivity index (χ1n) is 12.9. The zero-order valence-electron chi connectivity index (χ0n) is 22.1. The number of amides is 2. The number of likely N-dealkylation sites (tertiary alicyclic amines) is 1. The number of aliphatic hydroxyl groups is 1. The molecule has 1 fully saturated rings. The molecule has 1 saturated heterocycles. The molecule has 0 spiro atoms. The first kappa shape index (κ1) is 27.6. The molecule has 2 amide bonds. The van der Waals surface area contributed by atoms with Crippen molar-refractivity contribution in [1.82, 2.24) is 4.90 Å². The van der Waals surface area contributed by atoms with Crippen molar-refractivity contribution < 1.29 is 26.3 Å². The van der Waals surface area contributed by atoms with Crippen molar-refractivity contribution in [2.24, 2.45) is 10.4 Å². The van der Waals surface area contributed by atoms with Crippen molar-refractivity contribution >= 4 is 23.2 Å². The summed E-state index contributed by atoms with van der Waals surface area (Å²) in [4.78, 5) is 36.0.